The van der Waals surface area contributed by atoms with Crippen molar-refractivity contribution in [1.82, 2.24) is 4.37 Å². The SMILES string of the molecule is Nc1[c]nsc1. The number of nitrogens with zero attached hydrogens (tertiary/aromatic N) is 1. The van der Waals surface area contributed by atoms with Gasteiger partial charge in [0, 0.05) is 5.38 Å². The summed E-state index contributed by atoms with van der Waals surface area (Å²) in [7, 11) is 0. The highest BCUT2D eigenvalue weighted by Gasteiger charge is 1.78. The minimum atomic E-state index is 0.625. The number of hydrogen-bond acceptors (Lipinski definition) is 3. The fraction of sp³-hybridized carbons (Fsp3) is 0. The summed E-state index contributed by atoms with van der Waals surface area (Å²) in [5.41, 5.74) is 5.80. The molecule has 0 atom stereocenters. The van der Waals surface area contributed by atoms with Gasteiger partial charge < -0.3 is 5.73 Å². The first kappa shape index (κ1) is 3.61. The van der Waals surface area contributed by atoms with Gasteiger partial charge in [0.05, 0.1) is 5.69 Å². The van der Waals surface area contributed by atoms with E-state index in [1.807, 2.05) is 0 Å². The second-order valence-electron chi connectivity index (χ2n) is 0.882. The summed E-state index contributed by atoms with van der Waals surface area (Å²) in [5, 5.41) is 1.74. The molecule has 31 valence electrons. The summed E-state index contributed by atoms with van der Waals surface area (Å²) in [5.74, 6) is 0. The summed E-state index contributed by atoms with van der Waals surface area (Å²) in [6.07, 6.45) is 2.55. The van der Waals surface area contributed by atoms with Gasteiger partial charge in [-0.2, -0.15) is 4.37 Å². The molecule has 1 heterocycles. The standard InChI is InChI=1S/C3H3N2S/c4-3-1-5-6-2-3/h2H,4H2. The van der Waals surface area contributed by atoms with E-state index in [1.165, 1.54) is 11.5 Å². The van der Waals surface area contributed by atoms with Gasteiger partial charge in [-0.1, -0.05) is 0 Å². The van der Waals surface area contributed by atoms with E-state index in [-0.39, 0.29) is 0 Å². The quantitative estimate of drug-likeness (QED) is 0.515. The summed E-state index contributed by atoms with van der Waals surface area (Å²) >= 11 is 1.31. The Morgan fingerprint density at radius 3 is 3.00 bits per heavy atom. The number of rotatable bonds is 0. The second kappa shape index (κ2) is 1.26. The molecule has 0 spiro atoms. The fourth-order valence-corrected chi connectivity index (χ4v) is 0.566. The molecule has 0 amide bonds. The van der Waals surface area contributed by atoms with Crippen molar-refractivity contribution in [3.8, 4) is 0 Å². The zero-order valence-corrected chi connectivity index (χ0v) is 3.83. The van der Waals surface area contributed by atoms with E-state index >= 15 is 0 Å². The molecule has 0 aliphatic carbocycles. The van der Waals surface area contributed by atoms with Crippen LogP contribution in [0.2, 0.25) is 0 Å². The lowest BCUT2D eigenvalue weighted by atomic mass is 10.6. The van der Waals surface area contributed by atoms with Crippen molar-refractivity contribution < 1.29 is 0 Å². The van der Waals surface area contributed by atoms with E-state index < -0.39 is 0 Å². The van der Waals surface area contributed by atoms with E-state index in [0.717, 1.165) is 0 Å². The van der Waals surface area contributed by atoms with Crippen molar-refractivity contribution in [1.29, 1.82) is 0 Å². The molecule has 0 bridgehead atoms. The monoisotopic (exact) mass is 99.0 g/mol. The highest BCUT2D eigenvalue weighted by molar-refractivity contribution is 7.03. The molecule has 1 rings (SSSR count). The first-order valence-corrected chi connectivity index (χ1v) is 2.31. The Hall–Kier alpha value is -0.570. The minimum absolute atomic E-state index is 0.625. The average molecular weight is 99.1 g/mol. The number of hydrogen-bond donors (Lipinski definition) is 1. The third-order valence-corrected chi connectivity index (χ3v) is 0.963. The number of nitrogens with two attached hydrogens (primary N) is 1. The summed E-state index contributed by atoms with van der Waals surface area (Å²) in [4.78, 5) is 0. The fourth-order valence-electron chi connectivity index (χ4n) is 0.189. The van der Waals surface area contributed by atoms with Crippen molar-refractivity contribution >= 4 is 17.2 Å². The van der Waals surface area contributed by atoms with Gasteiger partial charge in [-0.25, -0.2) is 0 Å². The molecule has 0 aliphatic rings. The topological polar surface area (TPSA) is 38.9 Å². The predicted molar refractivity (Wildman–Crippen MR) is 25.4 cm³/mol. The van der Waals surface area contributed by atoms with Crippen LogP contribution < -0.4 is 5.73 Å². The van der Waals surface area contributed by atoms with Crippen LogP contribution in [0.4, 0.5) is 5.69 Å². The molecule has 3 heteroatoms. The molecule has 0 saturated carbocycles. The smallest absolute Gasteiger partial charge is 0.129 e. The third kappa shape index (κ3) is 0.490. The number of nitrogen functional groups attached to an aromatic ring is 1. The van der Waals surface area contributed by atoms with Crippen molar-refractivity contribution in [2.24, 2.45) is 0 Å². The highest BCUT2D eigenvalue weighted by atomic mass is 32.1. The van der Waals surface area contributed by atoms with E-state index in [4.69, 9.17) is 5.73 Å². The molecule has 0 fully saturated rings. The molecular formula is C3H3N2S. The molecule has 1 radical (unpaired) electrons. The maximum absolute atomic E-state index is 5.17. The van der Waals surface area contributed by atoms with E-state index in [0.29, 0.717) is 5.69 Å². The van der Waals surface area contributed by atoms with Gasteiger partial charge in [0.2, 0.25) is 0 Å². The third-order valence-electron chi connectivity index (χ3n) is 0.407. The Morgan fingerprint density at radius 2 is 2.83 bits per heavy atom. The molecule has 0 unspecified atom stereocenters. The van der Waals surface area contributed by atoms with Crippen LogP contribution in [0.5, 0.6) is 0 Å². The van der Waals surface area contributed by atoms with Crippen LogP contribution in [0.15, 0.2) is 5.38 Å². The molecule has 6 heavy (non-hydrogen) atoms. The van der Waals surface area contributed by atoms with Crippen molar-refractivity contribution in [3.05, 3.63) is 11.6 Å². The van der Waals surface area contributed by atoms with Gasteiger partial charge in [-0.3, -0.25) is 0 Å². The van der Waals surface area contributed by atoms with Crippen LogP contribution in [-0.2, 0) is 0 Å². The highest BCUT2D eigenvalue weighted by Crippen LogP contribution is 1.98. The summed E-state index contributed by atoms with van der Waals surface area (Å²) < 4.78 is 3.61. The van der Waals surface area contributed by atoms with Gasteiger partial charge in [0.1, 0.15) is 6.20 Å². The van der Waals surface area contributed by atoms with Gasteiger partial charge in [0.25, 0.3) is 0 Å². The Balaban J connectivity index is 3.05. The Morgan fingerprint density at radius 1 is 2.00 bits per heavy atom. The van der Waals surface area contributed by atoms with Crippen LogP contribution in [0, 0.1) is 6.20 Å². The van der Waals surface area contributed by atoms with Crippen LogP contribution in [-0.4, -0.2) is 4.37 Å². The zero-order valence-electron chi connectivity index (χ0n) is 3.01. The number of anilines is 1. The Labute approximate surface area is 39.8 Å². The second-order valence-corrected chi connectivity index (χ2v) is 1.51. The normalized spacial score (nSPS) is 8.67. The lowest BCUT2D eigenvalue weighted by Gasteiger charge is -1.65. The van der Waals surface area contributed by atoms with Crippen LogP contribution in [0.3, 0.4) is 0 Å². The van der Waals surface area contributed by atoms with E-state index in [9.17, 15) is 0 Å². The lowest BCUT2D eigenvalue weighted by Crippen LogP contribution is -1.75. The average Bonchev–Trinajstić information content (AvgIpc) is 1.86. The minimum Gasteiger partial charge on any atom is -0.396 e. The van der Waals surface area contributed by atoms with Crippen molar-refractivity contribution in [2.45, 2.75) is 0 Å². The van der Waals surface area contributed by atoms with E-state index in [1.54, 1.807) is 5.38 Å². The van der Waals surface area contributed by atoms with Gasteiger partial charge >= 0.3 is 0 Å². The summed E-state index contributed by atoms with van der Waals surface area (Å²) in [6, 6.07) is 0. The molecule has 0 aromatic carbocycles. The van der Waals surface area contributed by atoms with Crippen molar-refractivity contribution in [3.63, 3.8) is 0 Å². The molecule has 2 nitrogen and oxygen atoms in total. The van der Waals surface area contributed by atoms with Gasteiger partial charge in [0.15, 0.2) is 0 Å². The maximum Gasteiger partial charge on any atom is 0.129 e. The maximum atomic E-state index is 5.17. The molecule has 1 aromatic rings. The summed E-state index contributed by atoms with van der Waals surface area (Å²) in [6.45, 7) is 0. The number of aromatic nitrogens is 1. The first-order valence-electron chi connectivity index (χ1n) is 1.47. The van der Waals surface area contributed by atoms with Gasteiger partial charge in [-0.05, 0) is 11.5 Å². The first-order chi connectivity index (χ1) is 2.89. The van der Waals surface area contributed by atoms with Gasteiger partial charge in [-0.15, -0.1) is 0 Å². The molecule has 0 saturated heterocycles. The lowest BCUT2D eigenvalue weighted by molar-refractivity contribution is 1.55. The molecule has 0 aliphatic heterocycles. The largest absolute Gasteiger partial charge is 0.396 e. The van der Waals surface area contributed by atoms with Crippen LogP contribution in [0.25, 0.3) is 0 Å². The van der Waals surface area contributed by atoms with Crippen LogP contribution >= 0.6 is 11.5 Å². The zero-order chi connectivity index (χ0) is 4.41. The molecular weight excluding hydrogens is 96.1 g/mol. The Kier molecular flexibility index (Phi) is 0.759. The predicted octanol–water partition coefficient (Wildman–Crippen LogP) is 0.525. The van der Waals surface area contributed by atoms with Crippen LogP contribution in [0.1, 0.15) is 0 Å². The Bertz CT molecular complexity index is 112. The molecule has 1 aromatic heterocycles. The van der Waals surface area contributed by atoms with E-state index in [2.05, 4.69) is 10.6 Å². The van der Waals surface area contributed by atoms with Crippen molar-refractivity contribution in [2.75, 3.05) is 5.73 Å². The molecule has 2 N–H and O–H groups in total.